The van der Waals surface area contributed by atoms with Gasteiger partial charge in [0.25, 0.3) is 0 Å². The van der Waals surface area contributed by atoms with Crippen molar-refractivity contribution in [3.63, 3.8) is 0 Å². The van der Waals surface area contributed by atoms with Crippen molar-refractivity contribution in [3.05, 3.63) is 0 Å². The average Bonchev–Trinajstić information content (AvgIpc) is 2.86. The van der Waals surface area contributed by atoms with Crippen molar-refractivity contribution >= 4 is 0 Å². The monoisotopic (exact) mass is 155 g/mol. The Balaban J connectivity index is 1.59. The molecule has 1 aliphatic carbocycles. The smallest absolute Gasteiger partial charge is 0.0594 e. The highest BCUT2D eigenvalue weighted by molar-refractivity contribution is 4.75. The molecule has 2 rings (SSSR count). The minimum Gasteiger partial charge on any atom is -0.379 e. The third-order valence-electron chi connectivity index (χ3n) is 2.65. The number of nitrogens with zero attached hydrogens (tertiary/aromatic N) is 1. The quantitative estimate of drug-likeness (QED) is 0.605. The Hall–Kier alpha value is -0.0800. The zero-order valence-electron chi connectivity index (χ0n) is 7.09. The van der Waals surface area contributed by atoms with E-state index in [9.17, 15) is 0 Å². The molecule has 0 aromatic carbocycles. The van der Waals surface area contributed by atoms with Gasteiger partial charge in [0.1, 0.15) is 0 Å². The van der Waals surface area contributed by atoms with Gasteiger partial charge in [-0.25, -0.2) is 0 Å². The van der Waals surface area contributed by atoms with Crippen molar-refractivity contribution in [1.29, 1.82) is 0 Å². The van der Waals surface area contributed by atoms with Gasteiger partial charge >= 0.3 is 0 Å². The Labute approximate surface area is 68.5 Å². The van der Waals surface area contributed by atoms with Crippen molar-refractivity contribution in [3.8, 4) is 0 Å². The molecular formula is C9H17NO. The SMILES string of the molecule is C1CN(CCC2CC2)CCO1. The predicted octanol–water partition coefficient (Wildman–Crippen LogP) is 1.12. The first-order valence-corrected chi connectivity index (χ1v) is 4.75. The standard InChI is InChI=1S/C9H17NO/c1-2-9(1)3-4-10-5-7-11-8-6-10/h9H,1-8H2. The highest BCUT2D eigenvalue weighted by Crippen LogP contribution is 2.32. The molecular weight excluding hydrogens is 138 g/mol. The fourth-order valence-corrected chi connectivity index (χ4v) is 1.60. The van der Waals surface area contributed by atoms with Crippen LogP contribution in [0.4, 0.5) is 0 Å². The minimum absolute atomic E-state index is 0.949. The van der Waals surface area contributed by atoms with Gasteiger partial charge in [0.2, 0.25) is 0 Å². The lowest BCUT2D eigenvalue weighted by Crippen LogP contribution is -2.36. The van der Waals surface area contributed by atoms with Gasteiger partial charge in [-0.2, -0.15) is 0 Å². The molecule has 2 nitrogen and oxygen atoms in total. The number of hydrogen-bond donors (Lipinski definition) is 0. The second kappa shape index (κ2) is 3.55. The largest absolute Gasteiger partial charge is 0.379 e. The Morgan fingerprint density at radius 2 is 1.91 bits per heavy atom. The van der Waals surface area contributed by atoms with Gasteiger partial charge in [-0.1, -0.05) is 12.8 Å². The van der Waals surface area contributed by atoms with Crippen molar-refractivity contribution in [2.24, 2.45) is 5.92 Å². The van der Waals surface area contributed by atoms with Crippen molar-refractivity contribution in [1.82, 2.24) is 4.90 Å². The van der Waals surface area contributed by atoms with Gasteiger partial charge in [-0.3, -0.25) is 4.90 Å². The third-order valence-corrected chi connectivity index (χ3v) is 2.65. The van der Waals surface area contributed by atoms with Gasteiger partial charge in [-0.05, 0) is 18.9 Å². The Morgan fingerprint density at radius 1 is 1.18 bits per heavy atom. The van der Waals surface area contributed by atoms with Crippen LogP contribution in [0.2, 0.25) is 0 Å². The topological polar surface area (TPSA) is 12.5 Å². The van der Waals surface area contributed by atoms with Crippen LogP contribution in [0.15, 0.2) is 0 Å². The van der Waals surface area contributed by atoms with E-state index in [1.165, 1.54) is 25.8 Å². The van der Waals surface area contributed by atoms with E-state index in [1.54, 1.807) is 0 Å². The van der Waals surface area contributed by atoms with Gasteiger partial charge < -0.3 is 4.74 Å². The molecule has 0 atom stereocenters. The summed E-state index contributed by atoms with van der Waals surface area (Å²) in [6.07, 6.45) is 4.41. The summed E-state index contributed by atoms with van der Waals surface area (Å²) in [5, 5.41) is 0. The lowest BCUT2D eigenvalue weighted by Gasteiger charge is -2.26. The van der Waals surface area contributed by atoms with Crippen molar-refractivity contribution in [2.45, 2.75) is 19.3 Å². The first-order chi connectivity index (χ1) is 5.45. The lowest BCUT2D eigenvalue weighted by molar-refractivity contribution is 0.0368. The maximum atomic E-state index is 5.28. The molecule has 0 amide bonds. The average molecular weight is 155 g/mol. The van der Waals surface area contributed by atoms with Gasteiger partial charge in [0.05, 0.1) is 13.2 Å². The summed E-state index contributed by atoms with van der Waals surface area (Å²) in [4.78, 5) is 2.53. The Kier molecular flexibility index (Phi) is 2.44. The molecule has 0 bridgehead atoms. The molecule has 2 heteroatoms. The second-order valence-electron chi connectivity index (χ2n) is 3.69. The normalized spacial score (nSPS) is 27.3. The van der Waals surface area contributed by atoms with E-state index < -0.39 is 0 Å². The number of ether oxygens (including phenoxy) is 1. The summed E-state index contributed by atoms with van der Waals surface area (Å²) < 4.78 is 5.28. The van der Waals surface area contributed by atoms with E-state index in [-0.39, 0.29) is 0 Å². The summed E-state index contributed by atoms with van der Waals surface area (Å²) >= 11 is 0. The highest BCUT2D eigenvalue weighted by Gasteiger charge is 2.22. The van der Waals surface area contributed by atoms with E-state index in [0.29, 0.717) is 0 Å². The van der Waals surface area contributed by atoms with Gasteiger partial charge in [0.15, 0.2) is 0 Å². The third kappa shape index (κ3) is 2.46. The Morgan fingerprint density at radius 3 is 2.55 bits per heavy atom. The van der Waals surface area contributed by atoms with E-state index in [4.69, 9.17) is 4.74 Å². The zero-order chi connectivity index (χ0) is 7.52. The van der Waals surface area contributed by atoms with E-state index in [0.717, 1.165) is 32.2 Å². The van der Waals surface area contributed by atoms with Crippen LogP contribution in [-0.4, -0.2) is 37.7 Å². The molecule has 2 aliphatic rings. The van der Waals surface area contributed by atoms with Crippen LogP contribution in [0.3, 0.4) is 0 Å². The molecule has 0 radical (unpaired) electrons. The fourth-order valence-electron chi connectivity index (χ4n) is 1.60. The molecule has 11 heavy (non-hydrogen) atoms. The minimum atomic E-state index is 0.949. The fraction of sp³-hybridized carbons (Fsp3) is 1.00. The molecule has 1 saturated heterocycles. The van der Waals surface area contributed by atoms with Crippen LogP contribution in [0, 0.1) is 5.92 Å². The van der Waals surface area contributed by atoms with Crippen molar-refractivity contribution < 1.29 is 4.74 Å². The molecule has 64 valence electrons. The lowest BCUT2D eigenvalue weighted by atomic mass is 10.2. The second-order valence-corrected chi connectivity index (χ2v) is 3.69. The number of morpholine rings is 1. The molecule has 0 unspecified atom stereocenters. The van der Waals surface area contributed by atoms with Crippen molar-refractivity contribution in [2.75, 3.05) is 32.8 Å². The molecule has 1 heterocycles. The van der Waals surface area contributed by atoms with E-state index >= 15 is 0 Å². The van der Waals surface area contributed by atoms with Crippen LogP contribution in [0.25, 0.3) is 0 Å². The van der Waals surface area contributed by atoms with Gasteiger partial charge in [0, 0.05) is 13.1 Å². The molecule has 0 N–H and O–H groups in total. The van der Waals surface area contributed by atoms with E-state index in [1.807, 2.05) is 0 Å². The van der Waals surface area contributed by atoms with Crippen LogP contribution in [0.5, 0.6) is 0 Å². The molecule has 2 fully saturated rings. The number of rotatable bonds is 3. The first kappa shape index (κ1) is 7.56. The van der Waals surface area contributed by atoms with Crippen LogP contribution < -0.4 is 0 Å². The maximum absolute atomic E-state index is 5.28. The number of hydrogen-bond acceptors (Lipinski definition) is 2. The van der Waals surface area contributed by atoms with E-state index in [2.05, 4.69) is 4.90 Å². The van der Waals surface area contributed by atoms with Crippen LogP contribution in [0.1, 0.15) is 19.3 Å². The maximum Gasteiger partial charge on any atom is 0.0594 e. The summed E-state index contributed by atoms with van der Waals surface area (Å²) in [6.45, 7) is 5.53. The summed E-state index contributed by atoms with van der Waals surface area (Å²) in [5.74, 6) is 1.08. The summed E-state index contributed by atoms with van der Waals surface area (Å²) in [6, 6.07) is 0. The van der Waals surface area contributed by atoms with Crippen LogP contribution >= 0.6 is 0 Å². The van der Waals surface area contributed by atoms with Crippen LogP contribution in [-0.2, 0) is 4.74 Å². The zero-order valence-corrected chi connectivity index (χ0v) is 7.09. The van der Waals surface area contributed by atoms with Gasteiger partial charge in [-0.15, -0.1) is 0 Å². The molecule has 1 aliphatic heterocycles. The molecule has 0 aromatic heterocycles. The highest BCUT2D eigenvalue weighted by atomic mass is 16.5. The molecule has 1 saturated carbocycles. The molecule has 0 spiro atoms. The summed E-state index contributed by atoms with van der Waals surface area (Å²) in [5.41, 5.74) is 0. The molecule has 0 aromatic rings. The Bertz CT molecular complexity index is 117. The first-order valence-electron chi connectivity index (χ1n) is 4.75. The predicted molar refractivity (Wildman–Crippen MR) is 44.6 cm³/mol. The summed E-state index contributed by atoms with van der Waals surface area (Å²) in [7, 11) is 0.